The number of halogens is 4. The van der Waals surface area contributed by atoms with Crippen molar-refractivity contribution in [1.29, 1.82) is 0 Å². The fourth-order valence-corrected chi connectivity index (χ4v) is 5.14. The summed E-state index contributed by atoms with van der Waals surface area (Å²) >= 11 is 0. The minimum atomic E-state index is -1.04. The second-order valence-electron chi connectivity index (χ2n) is 10.7. The summed E-state index contributed by atoms with van der Waals surface area (Å²) in [6, 6.07) is 12.2. The van der Waals surface area contributed by atoms with Crippen molar-refractivity contribution in [2.75, 3.05) is 19.8 Å². The average Bonchev–Trinajstić information content (AvgIpc) is 2.99. The minimum absolute atomic E-state index is 0.0634. The molecule has 0 atom stereocenters. The first-order valence-corrected chi connectivity index (χ1v) is 14.9. The second kappa shape index (κ2) is 15.4. The van der Waals surface area contributed by atoms with E-state index in [1.165, 1.54) is 37.5 Å². The fourth-order valence-electron chi connectivity index (χ4n) is 5.14. The van der Waals surface area contributed by atoms with Gasteiger partial charge < -0.3 is 14.2 Å². The Morgan fingerprint density at radius 2 is 1.20 bits per heavy atom. The van der Waals surface area contributed by atoms with Crippen LogP contribution in [0.25, 0.3) is 22.3 Å². The van der Waals surface area contributed by atoms with E-state index in [9.17, 15) is 8.78 Å². The first-order valence-electron chi connectivity index (χ1n) is 14.9. The Bertz CT molecular complexity index is 1250. The third kappa shape index (κ3) is 7.89. The standard InChI is InChI=1S/C34H40F4O3/c1-3-5-7-8-9-11-30-40-21-25(22-41-30)28-17-16-26(31(35)32(28)36)23-12-14-24(15-13-23)27-18-19-29(34(38)33(27)37)39-20-10-6-4-2/h12-19,25,30H,3-11,20-22H2,1-2H3. The minimum Gasteiger partial charge on any atom is -0.490 e. The molecule has 0 unspecified atom stereocenters. The van der Waals surface area contributed by atoms with Crippen molar-refractivity contribution in [3.8, 4) is 28.0 Å². The smallest absolute Gasteiger partial charge is 0.201 e. The number of rotatable bonds is 14. The predicted octanol–water partition coefficient (Wildman–Crippen LogP) is 9.96. The van der Waals surface area contributed by atoms with E-state index in [0.717, 1.165) is 38.5 Å². The van der Waals surface area contributed by atoms with Gasteiger partial charge in [0.05, 0.1) is 19.8 Å². The Hall–Kier alpha value is -2.90. The lowest BCUT2D eigenvalue weighted by molar-refractivity contribution is -0.190. The number of hydrogen-bond donors (Lipinski definition) is 0. The van der Waals surface area contributed by atoms with Crippen LogP contribution in [-0.4, -0.2) is 26.1 Å². The van der Waals surface area contributed by atoms with Crippen LogP contribution in [0, 0.1) is 23.3 Å². The molecule has 3 aromatic carbocycles. The van der Waals surface area contributed by atoms with E-state index in [0.29, 0.717) is 17.7 Å². The number of hydrogen-bond acceptors (Lipinski definition) is 3. The van der Waals surface area contributed by atoms with Gasteiger partial charge in [-0.2, -0.15) is 4.39 Å². The van der Waals surface area contributed by atoms with Gasteiger partial charge in [-0.1, -0.05) is 88.8 Å². The highest BCUT2D eigenvalue weighted by atomic mass is 19.2. The van der Waals surface area contributed by atoms with E-state index < -0.39 is 29.2 Å². The van der Waals surface area contributed by atoms with Gasteiger partial charge in [0.2, 0.25) is 5.82 Å². The van der Waals surface area contributed by atoms with E-state index >= 15 is 8.78 Å². The molecule has 1 heterocycles. The van der Waals surface area contributed by atoms with Gasteiger partial charge in [-0.05, 0) is 48.1 Å². The van der Waals surface area contributed by atoms with Crippen LogP contribution in [0.5, 0.6) is 5.75 Å². The zero-order valence-corrected chi connectivity index (χ0v) is 24.0. The van der Waals surface area contributed by atoms with Crippen molar-refractivity contribution in [3.63, 3.8) is 0 Å². The summed E-state index contributed by atoms with van der Waals surface area (Å²) < 4.78 is 76.8. The molecule has 222 valence electrons. The summed E-state index contributed by atoms with van der Waals surface area (Å²) in [5.41, 5.74) is 1.21. The van der Waals surface area contributed by atoms with Crippen molar-refractivity contribution in [2.45, 2.75) is 83.8 Å². The van der Waals surface area contributed by atoms with Crippen LogP contribution in [0.2, 0.25) is 0 Å². The van der Waals surface area contributed by atoms with Gasteiger partial charge in [-0.25, -0.2) is 13.2 Å². The first-order chi connectivity index (χ1) is 19.9. The Kier molecular flexibility index (Phi) is 11.6. The monoisotopic (exact) mass is 572 g/mol. The van der Waals surface area contributed by atoms with E-state index in [-0.39, 0.29) is 41.9 Å². The van der Waals surface area contributed by atoms with Crippen molar-refractivity contribution in [1.82, 2.24) is 0 Å². The zero-order valence-electron chi connectivity index (χ0n) is 24.0. The molecule has 3 aromatic rings. The molecular weight excluding hydrogens is 532 g/mol. The van der Waals surface area contributed by atoms with E-state index in [2.05, 4.69) is 6.92 Å². The molecule has 0 saturated carbocycles. The van der Waals surface area contributed by atoms with Crippen molar-refractivity contribution >= 4 is 0 Å². The van der Waals surface area contributed by atoms with Gasteiger partial charge in [0.1, 0.15) is 0 Å². The summed E-state index contributed by atoms with van der Waals surface area (Å²) in [5, 5.41) is 0. The fraction of sp³-hybridized carbons (Fsp3) is 0.471. The predicted molar refractivity (Wildman–Crippen MR) is 154 cm³/mol. The molecule has 1 aliphatic rings. The molecule has 0 aliphatic carbocycles. The van der Waals surface area contributed by atoms with Crippen LogP contribution in [0.3, 0.4) is 0 Å². The molecule has 0 radical (unpaired) electrons. The molecule has 0 spiro atoms. The molecule has 1 saturated heterocycles. The number of benzene rings is 3. The topological polar surface area (TPSA) is 27.7 Å². The maximum Gasteiger partial charge on any atom is 0.201 e. The maximum atomic E-state index is 15.2. The summed E-state index contributed by atoms with van der Waals surface area (Å²) in [4.78, 5) is 0. The van der Waals surface area contributed by atoms with Crippen LogP contribution < -0.4 is 4.74 Å². The normalized spacial score (nSPS) is 17.1. The van der Waals surface area contributed by atoms with Gasteiger partial charge in [0, 0.05) is 17.0 Å². The van der Waals surface area contributed by atoms with Crippen LogP contribution >= 0.6 is 0 Å². The Morgan fingerprint density at radius 1 is 0.634 bits per heavy atom. The van der Waals surface area contributed by atoms with Crippen LogP contribution in [0.4, 0.5) is 17.6 Å². The van der Waals surface area contributed by atoms with E-state index in [1.54, 1.807) is 30.3 Å². The zero-order chi connectivity index (χ0) is 29.2. The third-order valence-corrected chi connectivity index (χ3v) is 7.62. The first kappa shape index (κ1) is 31.0. The Morgan fingerprint density at radius 3 is 1.83 bits per heavy atom. The summed E-state index contributed by atoms with van der Waals surface area (Å²) in [6.45, 7) is 5.09. The van der Waals surface area contributed by atoms with Gasteiger partial charge >= 0.3 is 0 Å². The molecule has 0 bridgehead atoms. The van der Waals surface area contributed by atoms with Crippen molar-refractivity contribution in [3.05, 3.63) is 77.4 Å². The Labute approximate surface area is 240 Å². The summed E-state index contributed by atoms with van der Waals surface area (Å²) in [6.07, 6.45) is 8.98. The van der Waals surface area contributed by atoms with Crippen molar-refractivity contribution in [2.24, 2.45) is 0 Å². The molecule has 1 aliphatic heterocycles. The largest absolute Gasteiger partial charge is 0.490 e. The molecule has 0 N–H and O–H groups in total. The highest BCUT2D eigenvalue weighted by Crippen LogP contribution is 2.35. The van der Waals surface area contributed by atoms with Crippen LogP contribution in [0.15, 0.2) is 48.5 Å². The second-order valence-corrected chi connectivity index (χ2v) is 10.7. The summed E-state index contributed by atoms with van der Waals surface area (Å²) in [7, 11) is 0. The van der Waals surface area contributed by atoms with Gasteiger partial charge in [0.25, 0.3) is 0 Å². The molecule has 41 heavy (non-hydrogen) atoms. The molecular formula is C34H40F4O3. The number of ether oxygens (including phenoxy) is 3. The van der Waals surface area contributed by atoms with Gasteiger partial charge in [-0.3, -0.25) is 0 Å². The molecule has 0 aromatic heterocycles. The average molecular weight is 573 g/mol. The van der Waals surface area contributed by atoms with Crippen LogP contribution in [0.1, 0.15) is 83.1 Å². The van der Waals surface area contributed by atoms with E-state index in [4.69, 9.17) is 14.2 Å². The SMILES string of the molecule is CCCCCCCC1OCC(c2ccc(-c3ccc(-c4ccc(OCCCCC)c(F)c4F)cc3)c(F)c2F)CO1. The summed E-state index contributed by atoms with van der Waals surface area (Å²) in [5.74, 6) is -4.46. The molecule has 1 fully saturated rings. The molecule has 3 nitrogen and oxygen atoms in total. The van der Waals surface area contributed by atoms with Gasteiger partial charge in [-0.15, -0.1) is 0 Å². The number of unbranched alkanes of at least 4 members (excludes halogenated alkanes) is 6. The molecule has 7 heteroatoms. The van der Waals surface area contributed by atoms with E-state index in [1.807, 2.05) is 6.92 Å². The lowest BCUT2D eigenvalue weighted by Crippen LogP contribution is -2.31. The maximum absolute atomic E-state index is 15.2. The van der Waals surface area contributed by atoms with Crippen LogP contribution in [-0.2, 0) is 9.47 Å². The highest BCUT2D eigenvalue weighted by Gasteiger charge is 2.27. The lowest BCUT2D eigenvalue weighted by Gasteiger charge is -2.30. The molecule has 4 rings (SSSR count). The Balaban J connectivity index is 1.40. The quantitative estimate of drug-likeness (QED) is 0.142. The van der Waals surface area contributed by atoms with Gasteiger partial charge in [0.15, 0.2) is 29.5 Å². The van der Waals surface area contributed by atoms with Crippen molar-refractivity contribution < 1.29 is 31.8 Å². The lowest BCUT2D eigenvalue weighted by atomic mass is 9.94. The highest BCUT2D eigenvalue weighted by molar-refractivity contribution is 5.72. The molecule has 0 amide bonds. The third-order valence-electron chi connectivity index (χ3n) is 7.62.